The van der Waals surface area contributed by atoms with Crippen molar-refractivity contribution in [1.82, 2.24) is 25.4 Å². The van der Waals surface area contributed by atoms with Crippen LogP contribution in [0.1, 0.15) is 63.5 Å². The van der Waals surface area contributed by atoms with Crippen molar-refractivity contribution in [2.24, 2.45) is 4.99 Å². The highest BCUT2D eigenvalue weighted by molar-refractivity contribution is 5.79. The Morgan fingerprint density at radius 2 is 1.87 bits per heavy atom. The summed E-state index contributed by atoms with van der Waals surface area (Å²) in [6, 6.07) is 6.37. The number of hydrogen-bond acceptors (Lipinski definition) is 4. The molecule has 2 N–H and O–H groups in total. The molecule has 1 aromatic heterocycles. The van der Waals surface area contributed by atoms with Crippen LogP contribution < -0.4 is 15.4 Å². The largest absolute Gasteiger partial charge is 0.493 e. The summed E-state index contributed by atoms with van der Waals surface area (Å²) in [5.41, 5.74) is 2.34. The molecule has 0 saturated heterocycles. The van der Waals surface area contributed by atoms with Gasteiger partial charge in [0, 0.05) is 25.2 Å². The summed E-state index contributed by atoms with van der Waals surface area (Å²) >= 11 is 0. The summed E-state index contributed by atoms with van der Waals surface area (Å²) in [7, 11) is 0. The van der Waals surface area contributed by atoms with Gasteiger partial charge in [0.15, 0.2) is 5.96 Å². The van der Waals surface area contributed by atoms with Crippen molar-refractivity contribution >= 4 is 5.96 Å². The van der Waals surface area contributed by atoms with Gasteiger partial charge in [-0.1, -0.05) is 38.3 Å². The zero-order valence-electron chi connectivity index (χ0n) is 18.9. The summed E-state index contributed by atoms with van der Waals surface area (Å²) in [6.45, 7) is 10.4. The molecule has 30 heavy (non-hydrogen) atoms. The first-order chi connectivity index (χ1) is 14.7. The van der Waals surface area contributed by atoms with Gasteiger partial charge >= 0.3 is 0 Å². The highest BCUT2D eigenvalue weighted by Gasteiger charge is 2.05. The minimum absolute atomic E-state index is 0.598. The number of nitrogens with one attached hydrogen (secondary N) is 2. The Morgan fingerprint density at radius 3 is 2.63 bits per heavy atom. The molecule has 7 nitrogen and oxygen atoms in total. The molecule has 0 spiro atoms. The van der Waals surface area contributed by atoms with Gasteiger partial charge < -0.3 is 19.9 Å². The smallest absolute Gasteiger partial charge is 0.191 e. The van der Waals surface area contributed by atoms with Crippen LogP contribution in [0.5, 0.6) is 5.75 Å². The molecule has 1 aromatic carbocycles. The number of aliphatic imine (C=N–C) groups is 1. The van der Waals surface area contributed by atoms with Crippen LogP contribution in [0.3, 0.4) is 0 Å². The highest BCUT2D eigenvalue weighted by Crippen LogP contribution is 2.21. The number of hydrogen-bond donors (Lipinski definition) is 2. The van der Waals surface area contributed by atoms with Crippen molar-refractivity contribution in [3.63, 3.8) is 0 Å². The summed E-state index contributed by atoms with van der Waals surface area (Å²) in [4.78, 5) is 4.77. The minimum Gasteiger partial charge on any atom is -0.493 e. The lowest BCUT2D eigenvalue weighted by atomic mass is 10.1. The standard InChI is InChI=1S/C23H38N6O/c1-4-6-7-10-15-30-22-16-20(3)11-12-21(22)17-26-23(24-5-2)25-13-8-9-14-29-18-27-28-19-29/h11-12,16,18-19H,4-10,13-15,17H2,1-3H3,(H2,24,25,26). The van der Waals surface area contributed by atoms with E-state index in [2.05, 4.69) is 59.8 Å². The topological polar surface area (TPSA) is 76.4 Å². The lowest BCUT2D eigenvalue weighted by molar-refractivity contribution is 0.302. The molecule has 7 heteroatoms. The predicted octanol–water partition coefficient (Wildman–Crippen LogP) is 4.08. The number of benzene rings is 1. The summed E-state index contributed by atoms with van der Waals surface area (Å²) in [5, 5.41) is 14.4. The number of rotatable bonds is 14. The van der Waals surface area contributed by atoms with Crippen molar-refractivity contribution in [3.05, 3.63) is 42.0 Å². The molecule has 0 unspecified atom stereocenters. The molecular weight excluding hydrogens is 376 g/mol. The first-order valence-corrected chi connectivity index (χ1v) is 11.3. The Bertz CT molecular complexity index is 729. The second-order valence-electron chi connectivity index (χ2n) is 7.55. The minimum atomic E-state index is 0.598. The third-order valence-electron chi connectivity index (χ3n) is 4.83. The van der Waals surface area contributed by atoms with E-state index < -0.39 is 0 Å². The molecule has 0 fully saturated rings. The first-order valence-electron chi connectivity index (χ1n) is 11.3. The molecule has 0 saturated carbocycles. The molecule has 0 aliphatic rings. The second-order valence-corrected chi connectivity index (χ2v) is 7.55. The van der Waals surface area contributed by atoms with Crippen LogP contribution in [-0.2, 0) is 13.1 Å². The fourth-order valence-corrected chi connectivity index (χ4v) is 3.11. The number of unbranched alkanes of at least 4 members (excludes halogenated alkanes) is 4. The van der Waals surface area contributed by atoms with Gasteiger partial charge in [-0.15, -0.1) is 10.2 Å². The number of guanidine groups is 1. The van der Waals surface area contributed by atoms with Crippen LogP contribution in [0.4, 0.5) is 0 Å². The van der Waals surface area contributed by atoms with E-state index in [1.807, 2.05) is 4.57 Å². The van der Waals surface area contributed by atoms with Crippen LogP contribution in [-0.4, -0.2) is 40.4 Å². The summed E-state index contributed by atoms with van der Waals surface area (Å²) in [5.74, 6) is 1.80. The number of aryl methyl sites for hydroxylation is 2. The van der Waals surface area contributed by atoms with E-state index in [-0.39, 0.29) is 0 Å². The van der Waals surface area contributed by atoms with Crippen molar-refractivity contribution in [2.75, 3.05) is 19.7 Å². The Balaban J connectivity index is 1.83. The maximum atomic E-state index is 6.08. The van der Waals surface area contributed by atoms with Crippen LogP contribution in [0.2, 0.25) is 0 Å². The number of ether oxygens (including phenoxy) is 1. The van der Waals surface area contributed by atoms with Crippen LogP contribution in [0, 0.1) is 6.92 Å². The molecule has 0 atom stereocenters. The quantitative estimate of drug-likeness (QED) is 0.277. The molecule has 0 amide bonds. The van der Waals surface area contributed by atoms with Gasteiger partial charge in [-0.25, -0.2) is 4.99 Å². The van der Waals surface area contributed by atoms with Crippen molar-refractivity contribution in [2.45, 2.75) is 72.4 Å². The van der Waals surface area contributed by atoms with E-state index >= 15 is 0 Å². The second kappa shape index (κ2) is 14.4. The summed E-state index contributed by atoms with van der Waals surface area (Å²) in [6.07, 6.45) is 10.5. The average Bonchev–Trinajstić information content (AvgIpc) is 3.26. The fourth-order valence-electron chi connectivity index (χ4n) is 3.11. The van der Waals surface area contributed by atoms with E-state index in [0.29, 0.717) is 6.54 Å². The van der Waals surface area contributed by atoms with Crippen molar-refractivity contribution in [3.8, 4) is 5.75 Å². The zero-order valence-corrected chi connectivity index (χ0v) is 18.9. The van der Waals surface area contributed by atoms with Crippen LogP contribution in [0.25, 0.3) is 0 Å². The molecule has 2 rings (SSSR count). The third-order valence-corrected chi connectivity index (χ3v) is 4.83. The number of nitrogens with zero attached hydrogens (tertiary/aromatic N) is 4. The average molecular weight is 415 g/mol. The Kier molecular flexibility index (Phi) is 11.4. The normalized spacial score (nSPS) is 11.5. The first kappa shape index (κ1) is 23.7. The van der Waals surface area contributed by atoms with E-state index in [0.717, 1.165) is 62.8 Å². The van der Waals surface area contributed by atoms with Crippen molar-refractivity contribution < 1.29 is 4.74 Å². The lowest BCUT2D eigenvalue weighted by Crippen LogP contribution is -2.37. The van der Waals surface area contributed by atoms with Gasteiger partial charge in [0.1, 0.15) is 18.4 Å². The Morgan fingerprint density at radius 1 is 1.03 bits per heavy atom. The monoisotopic (exact) mass is 414 g/mol. The van der Waals surface area contributed by atoms with Gasteiger partial charge in [-0.3, -0.25) is 0 Å². The maximum absolute atomic E-state index is 6.08. The van der Waals surface area contributed by atoms with Gasteiger partial charge in [0.25, 0.3) is 0 Å². The van der Waals surface area contributed by atoms with E-state index in [1.54, 1.807) is 12.7 Å². The van der Waals surface area contributed by atoms with Gasteiger partial charge in [-0.05, 0) is 44.7 Å². The predicted molar refractivity (Wildman–Crippen MR) is 123 cm³/mol. The lowest BCUT2D eigenvalue weighted by Gasteiger charge is -2.14. The molecule has 0 aliphatic heterocycles. The molecule has 2 aromatic rings. The van der Waals surface area contributed by atoms with E-state index in [1.165, 1.54) is 24.8 Å². The molecule has 0 bridgehead atoms. The van der Waals surface area contributed by atoms with E-state index in [4.69, 9.17) is 9.73 Å². The molecule has 0 radical (unpaired) electrons. The van der Waals surface area contributed by atoms with Crippen molar-refractivity contribution in [1.29, 1.82) is 0 Å². The highest BCUT2D eigenvalue weighted by atomic mass is 16.5. The Labute approximate surface area is 181 Å². The molecule has 1 heterocycles. The van der Waals surface area contributed by atoms with Crippen LogP contribution >= 0.6 is 0 Å². The fraction of sp³-hybridized carbons (Fsp3) is 0.609. The van der Waals surface area contributed by atoms with Gasteiger partial charge in [0.2, 0.25) is 0 Å². The van der Waals surface area contributed by atoms with Crippen LogP contribution in [0.15, 0.2) is 35.8 Å². The van der Waals surface area contributed by atoms with Gasteiger partial charge in [-0.2, -0.15) is 0 Å². The van der Waals surface area contributed by atoms with Gasteiger partial charge in [0.05, 0.1) is 13.2 Å². The van der Waals surface area contributed by atoms with E-state index in [9.17, 15) is 0 Å². The molecule has 0 aliphatic carbocycles. The molecule has 166 valence electrons. The third kappa shape index (κ3) is 9.29. The zero-order chi connectivity index (χ0) is 21.4. The summed E-state index contributed by atoms with van der Waals surface area (Å²) < 4.78 is 8.08. The molecular formula is C23H38N6O. The number of aromatic nitrogens is 3. The SMILES string of the molecule is CCCCCCOc1cc(C)ccc1CN=C(NCC)NCCCCn1cnnc1. The maximum Gasteiger partial charge on any atom is 0.191 e. The Hall–Kier alpha value is -2.57.